The smallest absolute Gasteiger partial charge is 0.327 e. The number of esters is 1. The third kappa shape index (κ3) is 3.93. The number of rotatable bonds is 7. The fourth-order valence-corrected chi connectivity index (χ4v) is 2.82. The highest BCUT2D eigenvalue weighted by atomic mass is 16.5. The first-order valence-electron chi connectivity index (χ1n) is 7.85. The van der Waals surface area contributed by atoms with Gasteiger partial charge in [-0.25, -0.2) is 0 Å². The van der Waals surface area contributed by atoms with Gasteiger partial charge in [0, 0.05) is 25.2 Å². The Morgan fingerprint density at radius 3 is 2.80 bits per heavy atom. The molecule has 2 unspecified atom stereocenters. The van der Waals surface area contributed by atoms with Crippen LogP contribution in [0.1, 0.15) is 40.0 Å². The fourth-order valence-electron chi connectivity index (χ4n) is 2.82. The van der Waals surface area contributed by atoms with Gasteiger partial charge in [-0.15, -0.1) is 0 Å². The van der Waals surface area contributed by atoms with Gasteiger partial charge in [-0.2, -0.15) is 0 Å². The van der Waals surface area contributed by atoms with E-state index in [1.54, 1.807) is 0 Å². The van der Waals surface area contributed by atoms with Crippen molar-refractivity contribution in [1.82, 2.24) is 10.2 Å². The second-order valence-corrected chi connectivity index (χ2v) is 6.08. The summed E-state index contributed by atoms with van der Waals surface area (Å²) >= 11 is 0. The zero-order chi connectivity index (χ0) is 14.6. The lowest BCUT2D eigenvalue weighted by Crippen LogP contribution is -2.61. The molecule has 2 atom stereocenters. The van der Waals surface area contributed by atoms with Crippen molar-refractivity contribution in [2.24, 2.45) is 0 Å². The van der Waals surface area contributed by atoms with E-state index < -0.39 is 5.54 Å². The zero-order valence-electron chi connectivity index (χ0n) is 13.0. The van der Waals surface area contributed by atoms with E-state index in [4.69, 9.17) is 9.47 Å². The summed E-state index contributed by atoms with van der Waals surface area (Å²) in [6.07, 6.45) is 3.37. The lowest BCUT2D eigenvalue weighted by Gasteiger charge is -2.40. The van der Waals surface area contributed by atoms with Crippen LogP contribution in [-0.4, -0.2) is 61.4 Å². The highest BCUT2D eigenvalue weighted by Crippen LogP contribution is 2.25. The molecule has 0 aromatic carbocycles. The predicted octanol–water partition coefficient (Wildman–Crippen LogP) is 1.17. The van der Waals surface area contributed by atoms with Crippen LogP contribution in [0.3, 0.4) is 0 Å². The standard InChI is InChI=1S/C15H28N2O3/c1-4-13-10-19-9-8-17(13)11-15(3,14(18)20-5-2)16-12-6-7-12/h12-13,16H,4-11H2,1-3H3. The van der Waals surface area contributed by atoms with Crippen LogP contribution in [0.5, 0.6) is 0 Å². The second-order valence-electron chi connectivity index (χ2n) is 6.08. The SMILES string of the molecule is CCOC(=O)C(C)(CN1CCOCC1CC)NC1CC1. The van der Waals surface area contributed by atoms with Gasteiger partial charge in [0.1, 0.15) is 5.54 Å². The molecule has 1 heterocycles. The number of hydrogen-bond donors (Lipinski definition) is 1. The van der Waals surface area contributed by atoms with Crippen molar-refractivity contribution in [3.05, 3.63) is 0 Å². The molecule has 1 N–H and O–H groups in total. The molecular weight excluding hydrogens is 256 g/mol. The minimum atomic E-state index is -0.609. The quantitative estimate of drug-likeness (QED) is 0.711. The minimum Gasteiger partial charge on any atom is -0.465 e. The topological polar surface area (TPSA) is 50.8 Å². The Kier molecular flexibility index (Phi) is 5.41. The normalized spacial score (nSPS) is 27.1. The highest BCUT2D eigenvalue weighted by Gasteiger charge is 2.42. The van der Waals surface area contributed by atoms with Gasteiger partial charge in [-0.3, -0.25) is 15.0 Å². The van der Waals surface area contributed by atoms with Crippen molar-refractivity contribution in [3.63, 3.8) is 0 Å². The summed E-state index contributed by atoms with van der Waals surface area (Å²) < 4.78 is 10.8. The molecule has 0 aromatic rings. The van der Waals surface area contributed by atoms with Gasteiger partial charge in [0.15, 0.2) is 0 Å². The van der Waals surface area contributed by atoms with Crippen LogP contribution in [0.25, 0.3) is 0 Å². The van der Waals surface area contributed by atoms with E-state index in [-0.39, 0.29) is 5.97 Å². The minimum absolute atomic E-state index is 0.131. The molecule has 0 aromatic heterocycles. The van der Waals surface area contributed by atoms with Crippen LogP contribution < -0.4 is 5.32 Å². The summed E-state index contributed by atoms with van der Waals surface area (Å²) in [5.41, 5.74) is -0.609. The molecule has 5 nitrogen and oxygen atoms in total. The molecular formula is C15H28N2O3. The number of carbonyl (C=O) groups is 1. The fraction of sp³-hybridized carbons (Fsp3) is 0.933. The number of carbonyl (C=O) groups excluding carboxylic acids is 1. The maximum atomic E-state index is 12.4. The van der Waals surface area contributed by atoms with E-state index in [0.717, 1.165) is 39.0 Å². The van der Waals surface area contributed by atoms with Gasteiger partial charge in [0.2, 0.25) is 0 Å². The Hall–Kier alpha value is -0.650. The van der Waals surface area contributed by atoms with Gasteiger partial charge in [-0.05, 0) is 33.1 Å². The summed E-state index contributed by atoms with van der Waals surface area (Å²) in [5.74, 6) is -0.131. The molecule has 2 aliphatic rings. The number of ether oxygens (including phenoxy) is 2. The van der Waals surface area contributed by atoms with E-state index in [9.17, 15) is 4.79 Å². The average molecular weight is 284 g/mol. The average Bonchev–Trinajstić information content (AvgIpc) is 3.23. The van der Waals surface area contributed by atoms with Crippen molar-refractivity contribution in [3.8, 4) is 0 Å². The third-order valence-corrected chi connectivity index (χ3v) is 4.17. The van der Waals surface area contributed by atoms with Gasteiger partial charge in [0.25, 0.3) is 0 Å². The summed E-state index contributed by atoms with van der Waals surface area (Å²) in [6.45, 7) is 9.54. The first-order chi connectivity index (χ1) is 9.59. The Morgan fingerprint density at radius 2 is 2.20 bits per heavy atom. The Bertz CT molecular complexity index is 333. The van der Waals surface area contributed by atoms with Crippen LogP contribution >= 0.6 is 0 Å². The van der Waals surface area contributed by atoms with Crippen LogP contribution in [0, 0.1) is 0 Å². The van der Waals surface area contributed by atoms with E-state index in [2.05, 4.69) is 17.1 Å². The van der Waals surface area contributed by atoms with Gasteiger partial charge >= 0.3 is 5.97 Å². The number of nitrogens with zero attached hydrogens (tertiary/aromatic N) is 1. The van der Waals surface area contributed by atoms with Crippen LogP contribution in [-0.2, 0) is 14.3 Å². The van der Waals surface area contributed by atoms with Crippen LogP contribution in [0.4, 0.5) is 0 Å². The lowest BCUT2D eigenvalue weighted by molar-refractivity contribution is -0.152. The highest BCUT2D eigenvalue weighted by molar-refractivity contribution is 5.80. The summed E-state index contributed by atoms with van der Waals surface area (Å²) in [4.78, 5) is 14.7. The first-order valence-corrected chi connectivity index (χ1v) is 7.85. The second kappa shape index (κ2) is 6.87. The molecule has 116 valence electrons. The van der Waals surface area contributed by atoms with E-state index in [0.29, 0.717) is 25.2 Å². The maximum Gasteiger partial charge on any atom is 0.327 e. The van der Waals surface area contributed by atoms with Crippen molar-refractivity contribution in [1.29, 1.82) is 0 Å². The molecule has 1 saturated heterocycles. The Labute approximate surface area is 122 Å². The van der Waals surface area contributed by atoms with Crippen molar-refractivity contribution in [2.45, 2.75) is 57.7 Å². The lowest BCUT2D eigenvalue weighted by atomic mass is 9.99. The van der Waals surface area contributed by atoms with Crippen molar-refractivity contribution >= 4 is 5.97 Å². The molecule has 1 saturated carbocycles. The molecule has 0 bridgehead atoms. The monoisotopic (exact) mass is 284 g/mol. The third-order valence-electron chi connectivity index (χ3n) is 4.17. The summed E-state index contributed by atoms with van der Waals surface area (Å²) in [7, 11) is 0. The molecule has 20 heavy (non-hydrogen) atoms. The van der Waals surface area contributed by atoms with Crippen LogP contribution in [0.2, 0.25) is 0 Å². The van der Waals surface area contributed by atoms with E-state index >= 15 is 0 Å². The molecule has 1 aliphatic heterocycles. The van der Waals surface area contributed by atoms with Crippen molar-refractivity contribution < 1.29 is 14.3 Å². The largest absolute Gasteiger partial charge is 0.465 e. The van der Waals surface area contributed by atoms with Gasteiger partial charge in [0.05, 0.1) is 19.8 Å². The van der Waals surface area contributed by atoms with E-state index in [1.165, 1.54) is 0 Å². The summed E-state index contributed by atoms with van der Waals surface area (Å²) in [5, 5.41) is 3.49. The maximum absolute atomic E-state index is 12.4. The Morgan fingerprint density at radius 1 is 1.45 bits per heavy atom. The molecule has 2 rings (SSSR count). The molecule has 0 radical (unpaired) electrons. The Balaban J connectivity index is 2.03. The molecule has 0 amide bonds. The summed E-state index contributed by atoms with van der Waals surface area (Å²) in [6, 6.07) is 0.879. The van der Waals surface area contributed by atoms with E-state index in [1.807, 2.05) is 13.8 Å². The molecule has 2 fully saturated rings. The molecule has 1 aliphatic carbocycles. The first kappa shape index (κ1) is 15.7. The predicted molar refractivity (Wildman–Crippen MR) is 77.7 cm³/mol. The zero-order valence-corrected chi connectivity index (χ0v) is 13.0. The van der Waals surface area contributed by atoms with Gasteiger partial charge in [-0.1, -0.05) is 6.92 Å². The number of hydrogen-bond acceptors (Lipinski definition) is 5. The number of nitrogens with one attached hydrogen (secondary N) is 1. The molecule has 0 spiro atoms. The number of morpholine rings is 1. The van der Waals surface area contributed by atoms with Crippen LogP contribution in [0.15, 0.2) is 0 Å². The molecule has 5 heteroatoms. The van der Waals surface area contributed by atoms with Crippen molar-refractivity contribution in [2.75, 3.05) is 32.9 Å². The van der Waals surface area contributed by atoms with Gasteiger partial charge < -0.3 is 9.47 Å².